The van der Waals surface area contributed by atoms with Crippen LogP contribution in [0.2, 0.25) is 0 Å². The first-order chi connectivity index (χ1) is 27.7. The summed E-state index contributed by atoms with van der Waals surface area (Å²) in [7, 11) is -4.62. The minimum atomic E-state index is -4.62. The number of unbranched alkanes of at least 4 members (excludes halogenated alkanes) is 27. The van der Waals surface area contributed by atoms with E-state index in [1.54, 1.807) is 0 Å². The minimum absolute atomic E-state index is 0.0138. The maximum atomic E-state index is 12.7. The van der Waals surface area contributed by atoms with Crippen LogP contribution in [0.4, 0.5) is 0 Å². The fraction of sp³-hybridized carbons (Fsp3) is 0.870. The zero-order valence-corrected chi connectivity index (χ0v) is 37.6. The molecule has 336 valence electrons. The molecule has 0 amide bonds. The third kappa shape index (κ3) is 42.4. The van der Waals surface area contributed by atoms with Gasteiger partial charge in [0.05, 0.1) is 19.8 Å². The van der Waals surface area contributed by atoms with Crippen molar-refractivity contribution in [1.29, 1.82) is 0 Å². The molecule has 3 unspecified atom stereocenters. The zero-order valence-electron chi connectivity index (χ0n) is 36.7. The quantitative estimate of drug-likeness (QED) is 0.0234. The molecule has 0 aliphatic carbocycles. The molecule has 0 heterocycles. The number of hydrogen-bond donors (Lipinski definition) is 3. The molecule has 0 aromatic rings. The molecule has 0 spiro atoms. The van der Waals surface area contributed by atoms with E-state index in [4.69, 9.17) is 29.4 Å². The van der Waals surface area contributed by atoms with Crippen LogP contribution in [0.1, 0.15) is 219 Å². The van der Waals surface area contributed by atoms with Gasteiger partial charge in [-0.3, -0.25) is 18.6 Å². The number of ether oxygens (including phenoxy) is 2. The lowest BCUT2D eigenvalue weighted by Gasteiger charge is -2.20. The third-order valence-corrected chi connectivity index (χ3v) is 11.2. The lowest BCUT2D eigenvalue weighted by Crippen LogP contribution is -2.34. The molecular weight excluding hydrogens is 741 g/mol. The molecule has 57 heavy (non-hydrogen) atoms. The fourth-order valence-corrected chi connectivity index (χ4v) is 7.35. The number of hydrogen-bond acceptors (Lipinski definition) is 8. The predicted molar refractivity (Wildman–Crippen MR) is 235 cm³/mol. The highest BCUT2D eigenvalue weighted by Crippen LogP contribution is 2.43. The largest absolute Gasteiger partial charge is 0.480 e. The average molecular weight is 830 g/mol. The van der Waals surface area contributed by atoms with Crippen LogP contribution in [0.3, 0.4) is 0 Å². The van der Waals surface area contributed by atoms with Crippen LogP contribution in [-0.4, -0.2) is 60.5 Å². The summed E-state index contributed by atoms with van der Waals surface area (Å²) in [5, 5.41) is 8.91. The number of carboxylic acids is 1. The Bertz CT molecular complexity index is 1010. The lowest BCUT2D eigenvalue weighted by atomic mass is 10.0. The second kappa shape index (κ2) is 42.6. The number of aliphatic carboxylic acids is 1. The molecular formula is C46H88NO9P. The van der Waals surface area contributed by atoms with Crippen LogP contribution < -0.4 is 5.73 Å². The van der Waals surface area contributed by atoms with Gasteiger partial charge >= 0.3 is 19.8 Å². The highest BCUT2D eigenvalue weighted by atomic mass is 31.2. The first-order valence-electron chi connectivity index (χ1n) is 23.4. The van der Waals surface area contributed by atoms with Crippen LogP contribution in [0.15, 0.2) is 24.3 Å². The van der Waals surface area contributed by atoms with Crippen molar-refractivity contribution in [3.63, 3.8) is 0 Å². The van der Waals surface area contributed by atoms with Gasteiger partial charge in [0.2, 0.25) is 0 Å². The van der Waals surface area contributed by atoms with Crippen LogP contribution in [-0.2, 0) is 32.7 Å². The Kier molecular flexibility index (Phi) is 41.4. The highest BCUT2D eigenvalue weighted by Gasteiger charge is 2.27. The van der Waals surface area contributed by atoms with Crippen LogP contribution in [0, 0.1) is 0 Å². The second-order valence-corrected chi connectivity index (χ2v) is 17.3. The molecule has 0 rings (SSSR count). The molecule has 0 saturated heterocycles. The maximum absolute atomic E-state index is 12.7. The molecule has 4 N–H and O–H groups in total. The summed E-state index contributed by atoms with van der Waals surface area (Å²) >= 11 is 0. The first kappa shape index (κ1) is 55.5. The Balaban J connectivity index is 4.19. The van der Waals surface area contributed by atoms with E-state index in [1.807, 2.05) is 0 Å². The van der Waals surface area contributed by atoms with Crippen molar-refractivity contribution in [3.8, 4) is 0 Å². The summed E-state index contributed by atoms with van der Waals surface area (Å²) in [5.41, 5.74) is 5.36. The van der Waals surface area contributed by atoms with Gasteiger partial charge < -0.3 is 25.2 Å². The Morgan fingerprint density at radius 2 is 0.965 bits per heavy atom. The van der Waals surface area contributed by atoms with Crippen molar-refractivity contribution >= 4 is 19.8 Å². The molecule has 10 nitrogen and oxygen atoms in total. The summed E-state index contributed by atoms with van der Waals surface area (Å²) in [6, 6.07) is -1.47. The van der Waals surface area contributed by atoms with Crippen molar-refractivity contribution in [3.05, 3.63) is 24.3 Å². The SMILES string of the molecule is CCCCCC/C=C\C/C=C\CCCCCCCCOCC(COP(=O)(O)OCC(N)C(=O)O)OC(=O)CCCCCCCCCCCCCCCCCCCC. The Morgan fingerprint density at radius 3 is 1.44 bits per heavy atom. The van der Waals surface area contributed by atoms with E-state index in [-0.39, 0.29) is 13.0 Å². The van der Waals surface area contributed by atoms with Crippen molar-refractivity contribution in [2.45, 2.75) is 231 Å². The number of esters is 1. The van der Waals surface area contributed by atoms with Gasteiger partial charge in [-0.2, -0.15) is 0 Å². The van der Waals surface area contributed by atoms with Gasteiger partial charge in [-0.1, -0.05) is 192 Å². The van der Waals surface area contributed by atoms with E-state index >= 15 is 0 Å². The van der Waals surface area contributed by atoms with E-state index in [0.717, 1.165) is 44.9 Å². The molecule has 0 aromatic heterocycles. The van der Waals surface area contributed by atoms with Gasteiger partial charge in [0.15, 0.2) is 0 Å². The van der Waals surface area contributed by atoms with E-state index < -0.39 is 45.1 Å². The van der Waals surface area contributed by atoms with Crippen molar-refractivity contribution in [2.75, 3.05) is 26.4 Å². The molecule has 0 aliphatic rings. The van der Waals surface area contributed by atoms with Crippen LogP contribution >= 0.6 is 7.82 Å². The summed E-state index contributed by atoms with van der Waals surface area (Å²) < 4.78 is 33.4. The molecule has 0 bridgehead atoms. The number of phosphoric ester groups is 1. The fourth-order valence-electron chi connectivity index (χ4n) is 6.58. The molecule has 0 radical (unpaired) electrons. The first-order valence-corrected chi connectivity index (χ1v) is 24.9. The minimum Gasteiger partial charge on any atom is -0.480 e. The average Bonchev–Trinajstić information content (AvgIpc) is 3.19. The number of carbonyl (C=O) groups is 2. The van der Waals surface area contributed by atoms with Gasteiger partial charge in [0, 0.05) is 13.0 Å². The smallest absolute Gasteiger partial charge is 0.472 e. The van der Waals surface area contributed by atoms with Gasteiger partial charge in [-0.15, -0.1) is 0 Å². The van der Waals surface area contributed by atoms with Crippen molar-refractivity contribution in [2.24, 2.45) is 5.73 Å². The number of allylic oxidation sites excluding steroid dienone is 4. The standard InChI is InChI=1S/C46H88NO9P/c1-3-5-7-9-11-13-15-17-19-21-22-24-26-28-30-32-34-36-38-45(48)56-43(41-54-57(51,52)55-42-44(47)46(49)50)40-53-39-37-35-33-31-29-27-25-23-20-18-16-14-12-10-8-6-4-2/h14,16,20,23,43-44H,3-13,15,17-19,21-22,24-42,47H2,1-2H3,(H,49,50)(H,51,52)/b16-14-,23-20-. The van der Waals surface area contributed by atoms with Crippen molar-refractivity contribution < 1.29 is 42.7 Å². The van der Waals surface area contributed by atoms with E-state index in [9.17, 15) is 19.0 Å². The summed E-state index contributed by atoms with van der Waals surface area (Å²) in [6.07, 6.45) is 46.5. The van der Waals surface area contributed by atoms with E-state index in [2.05, 4.69) is 38.2 Å². The van der Waals surface area contributed by atoms with Gasteiger partial charge in [0.1, 0.15) is 12.1 Å². The summed E-state index contributed by atoms with van der Waals surface area (Å²) in [4.78, 5) is 33.6. The lowest BCUT2D eigenvalue weighted by molar-refractivity contribution is -0.154. The van der Waals surface area contributed by atoms with Gasteiger partial charge in [0.25, 0.3) is 0 Å². The zero-order chi connectivity index (χ0) is 41.9. The number of carbonyl (C=O) groups excluding carboxylic acids is 1. The second-order valence-electron chi connectivity index (χ2n) is 15.9. The monoisotopic (exact) mass is 830 g/mol. The normalized spacial score (nSPS) is 14.0. The molecule has 0 aromatic carbocycles. The Hall–Kier alpha value is -1.55. The van der Waals surface area contributed by atoms with E-state index in [1.165, 1.54) is 148 Å². The third-order valence-electron chi connectivity index (χ3n) is 10.2. The summed E-state index contributed by atoms with van der Waals surface area (Å²) in [6.45, 7) is 3.87. The molecule has 11 heteroatoms. The van der Waals surface area contributed by atoms with Crippen LogP contribution in [0.5, 0.6) is 0 Å². The van der Waals surface area contributed by atoms with Gasteiger partial charge in [-0.25, -0.2) is 4.57 Å². The molecule has 3 atom stereocenters. The number of phosphoric acid groups is 1. The maximum Gasteiger partial charge on any atom is 0.472 e. The Labute approximate surface area is 349 Å². The van der Waals surface area contributed by atoms with E-state index in [0.29, 0.717) is 13.0 Å². The molecule has 0 fully saturated rings. The Morgan fingerprint density at radius 1 is 0.561 bits per heavy atom. The number of carboxylic acid groups (broad SMARTS) is 1. The molecule has 0 aliphatic heterocycles. The number of nitrogens with two attached hydrogens (primary N) is 1. The predicted octanol–water partition coefficient (Wildman–Crippen LogP) is 13.1. The van der Waals surface area contributed by atoms with Crippen molar-refractivity contribution in [1.82, 2.24) is 0 Å². The topological polar surface area (TPSA) is 155 Å². The highest BCUT2D eigenvalue weighted by molar-refractivity contribution is 7.47. The van der Waals surface area contributed by atoms with Crippen LogP contribution in [0.25, 0.3) is 0 Å². The summed E-state index contributed by atoms with van der Waals surface area (Å²) in [5.74, 6) is -1.77. The number of rotatable bonds is 45. The van der Waals surface area contributed by atoms with Gasteiger partial charge in [-0.05, 0) is 44.9 Å². The molecule has 0 saturated carbocycles.